The number of aliphatic hydroxyl groups is 1. The van der Waals surface area contributed by atoms with Crippen molar-refractivity contribution in [1.29, 1.82) is 0 Å². The average molecular weight is 171 g/mol. The second-order valence-corrected chi connectivity index (χ2v) is 3.86. The van der Waals surface area contributed by atoms with Gasteiger partial charge in [0.05, 0.1) is 0 Å². The van der Waals surface area contributed by atoms with Crippen molar-refractivity contribution in [3.63, 3.8) is 0 Å². The van der Waals surface area contributed by atoms with Crippen LogP contribution in [0.1, 0.15) is 33.1 Å². The molecule has 1 aliphatic rings. The number of nitrogens with zero attached hydrogens (tertiary/aromatic N) is 1. The van der Waals surface area contributed by atoms with E-state index in [1.807, 2.05) is 0 Å². The van der Waals surface area contributed by atoms with E-state index in [0.717, 1.165) is 0 Å². The Morgan fingerprint density at radius 2 is 2.25 bits per heavy atom. The van der Waals surface area contributed by atoms with Gasteiger partial charge in [-0.25, -0.2) is 0 Å². The molecule has 0 spiro atoms. The van der Waals surface area contributed by atoms with Gasteiger partial charge in [-0.3, -0.25) is 0 Å². The molecule has 2 heteroatoms. The van der Waals surface area contributed by atoms with Crippen molar-refractivity contribution in [1.82, 2.24) is 4.90 Å². The van der Waals surface area contributed by atoms with Gasteiger partial charge in [0.2, 0.25) is 0 Å². The summed E-state index contributed by atoms with van der Waals surface area (Å²) in [5.41, 5.74) is 0. The lowest BCUT2D eigenvalue weighted by atomic mass is 10.0. The molecule has 1 aliphatic heterocycles. The summed E-state index contributed by atoms with van der Waals surface area (Å²) in [4.78, 5) is 2.50. The number of hydrogen-bond acceptors (Lipinski definition) is 2. The van der Waals surface area contributed by atoms with E-state index in [1.54, 1.807) is 0 Å². The Bertz CT molecular complexity index is 127. The van der Waals surface area contributed by atoms with Gasteiger partial charge in [0.1, 0.15) is 0 Å². The molecule has 2 atom stereocenters. The summed E-state index contributed by atoms with van der Waals surface area (Å²) in [5.74, 6) is 0.529. The molecule has 0 aliphatic carbocycles. The van der Waals surface area contributed by atoms with Crippen LogP contribution < -0.4 is 0 Å². The highest BCUT2D eigenvalue weighted by Crippen LogP contribution is 2.23. The Kier molecular flexibility index (Phi) is 4.02. The van der Waals surface area contributed by atoms with Crippen LogP contribution >= 0.6 is 0 Å². The molecule has 1 fully saturated rings. The molecule has 0 amide bonds. The van der Waals surface area contributed by atoms with Crippen LogP contribution in [0.15, 0.2) is 0 Å². The van der Waals surface area contributed by atoms with Gasteiger partial charge in [-0.05, 0) is 38.8 Å². The summed E-state index contributed by atoms with van der Waals surface area (Å²) in [6.07, 6.45) is 3.75. The van der Waals surface area contributed by atoms with Crippen molar-refractivity contribution < 1.29 is 5.11 Å². The van der Waals surface area contributed by atoms with Crippen LogP contribution in [0, 0.1) is 5.92 Å². The predicted molar refractivity (Wildman–Crippen MR) is 51.1 cm³/mol. The topological polar surface area (TPSA) is 23.5 Å². The van der Waals surface area contributed by atoms with Crippen molar-refractivity contribution in [2.45, 2.75) is 39.2 Å². The lowest BCUT2D eigenvalue weighted by Crippen LogP contribution is -2.31. The second kappa shape index (κ2) is 4.83. The van der Waals surface area contributed by atoms with Crippen molar-refractivity contribution in [2.75, 3.05) is 19.7 Å². The first-order valence-electron chi connectivity index (χ1n) is 5.14. The minimum absolute atomic E-state index is 0.365. The third-order valence-electron chi connectivity index (χ3n) is 3.08. The molecule has 0 aromatic rings. The molecular formula is C10H21NO. The van der Waals surface area contributed by atoms with Gasteiger partial charge in [0, 0.05) is 12.6 Å². The molecule has 1 rings (SSSR count). The van der Waals surface area contributed by atoms with E-state index in [0.29, 0.717) is 18.6 Å². The third kappa shape index (κ3) is 2.20. The van der Waals surface area contributed by atoms with Crippen molar-refractivity contribution >= 4 is 0 Å². The van der Waals surface area contributed by atoms with Gasteiger partial charge < -0.3 is 10.0 Å². The molecule has 1 N–H and O–H groups in total. The SMILES string of the molecule is CCCCN1CCC(CO)C1C. The van der Waals surface area contributed by atoms with Crippen LogP contribution in [0.2, 0.25) is 0 Å². The first-order valence-corrected chi connectivity index (χ1v) is 5.14. The van der Waals surface area contributed by atoms with E-state index in [4.69, 9.17) is 5.11 Å². The fourth-order valence-corrected chi connectivity index (χ4v) is 2.00. The molecule has 0 bridgehead atoms. The van der Waals surface area contributed by atoms with Gasteiger partial charge in [-0.2, -0.15) is 0 Å². The lowest BCUT2D eigenvalue weighted by molar-refractivity contribution is 0.175. The third-order valence-corrected chi connectivity index (χ3v) is 3.08. The first-order chi connectivity index (χ1) is 5.79. The monoisotopic (exact) mass is 171 g/mol. The van der Waals surface area contributed by atoms with Crippen LogP contribution in [0.25, 0.3) is 0 Å². The zero-order valence-corrected chi connectivity index (χ0v) is 8.29. The Morgan fingerprint density at radius 1 is 1.50 bits per heavy atom. The second-order valence-electron chi connectivity index (χ2n) is 3.86. The zero-order chi connectivity index (χ0) is 8.97. The van der Waals surface area contributed by atoms with E-state index in [9.17, 15) is 0 Å². The lowest BCUT2D eigenvalue weighted by Gasteiger charge is -2.23. The highest BCUT2D eigenvalue weighted by atomic mass is 16.3. The Morgan fingerprint density at radius 3 is 2.75 bits per heavy atom. The molecule has 0 saturated carbocycles. The normalized spacial score (nSPS) is 31.2. The van der Waals surface area contributed by atoms with Crippen molar-refractivity contribution in [3.05, 3.63) is 0 Å². The minimum atomic E-state index is 0.365. The number of aliphatic hydroxyl groups excluding tert-OH is 1. The van der Waals surface area contributed by atoms with Crippen LogP contribution in [-0.4, -0.2) is 35.7 Å². The van der Waals surface area contributed by atoms with E-state index < -0.39 is 0 Å². The molecule has 0 radical (unpaired) electrons. The molecule has 2 nitrogen and oxygen atoms in total. The predicted octanol–water partition coefficient (Wildman–Crippen LogP) is 1.49. The summed E-state index contributed by atoms with van der Waals surface area (Å²) >= 11 is 0. The molecule has 1 heterocycles. The van der Waals surface area contributed by atoms with Crippen molar-refractivity contribution in [3.8, 4) is 0 Å². The number of likely N-dealkylation sites (tertiary alicyclic amines) is 1. The van der Waals surface area contributed by atoms with E-state index in [-0.39, 0.29) is 0 Å². The molecule has 2 unspecified atom stereocenters. The van der Waals surface area contributed by atoms with E-state index in [2.05, 4.69) is 18.7 Å². The number of hydrogen-bond donors (Lipinski definition) is 1. The fraction of sp³-hybridized carbons (Fsp3) is 1.00. The Labute approximate surface area is 75.6 Å². The van der Waals surface area contributed by atoms with Crippen LogP contribution in [-0.2, 0) is 0 Å². The standard InChI is InChI=1S/C10H21NO/c1-3-4-6-11-7-5-10(8-12)9(11)2/h9-10,12H,3-8H2,1-2H3. The smallest absolute Gasteiger partial charge is 0.0474 e. The Balaban J connectivity index is 2.28. The quantitative estimate of drug-likeness (QED) is 0.692. The number of unbranched alkanes of at least 4 members (excludes halogenated alkanes) is 1. The first kappa shape index (κ1) is 10.0. The van der Waals surface area contributed by atoms with Gasteiger partial charge in [-0.15, -0.1) is 0 Å². The summed E-state index contributed by atoms with van der Waals surface area (Å²) < 4.78 is 0. The molecule has 72 valence electrons. The Hall–Kier alpha value is -0.0800. The highest BCUT2D eigenvalue weighted by Gasteiger charge is 2.28. The number of rotatable bonds is 4. The van der Waals surface area contributed by atoms with Gasteiger partial charge in [0.25, 0.3) is 0 Å². The largest absolute Gasteiger partial charge is 0.396 e. The molecule has 0 aromatic carbocycles. The maximum atomic E-state index is 9.05. The maximum absolute atomic E-state index is 9.05. The average Bonchev–Trinajstić information content (AvgIpc) is 2.43. The van der Waals surface area contributed by atoms with Gasteiger partial charge in [0.15, 0.2) is 0 Å². The van der Waals surface area contributed by atoms with E-state index in [1.165, 1.54) is 32.4 Å². The molecule has 0 aromatic heterocycles. The van der Waals surface area contributed by atoms with Gasteiger partial charge >= 0.3 is 0 Å². The van der Waals surface area contributed by atoms with Crippen molar-refractivity contribution in [2.24, 2.45) is 5.92 Å². The highest BCUT2D eigenvalue weighted by molar-refractivity contribution is 4.82. The molecule has 1 saturated heterocycles. The van der Waals surface area contributed by atoms with E-state index >= 15 is 0 Å². The molecule has 12 heavy (non-hydrogen) atoms. The summed E-state index contributed by atoms with van der Waals surface area (Å²) in [5, 5.41) is 9.05. The summed E-state index contributed by atoms with van der Waals surface area (Å²) in [7, 11) is 0. The summed E-state index contributed by atoms with van der Waals surface area (Å²) in [6.45, 7) is 7.23. The fourth-order valence-electron chi connectivity index (χ4n) is 2.00. The van der Waals surface area contributed by atoms with Crippen LogP contribution in [0.3, 0.4) is 0 Å². The molecular weight excluding hydrogens is 150 g/mol. The minimum Gasteiger partial charge on any atom is -0.396 e. The summed E-state index contributed by atoms with van der Waals surface area (Å²) in [6, 6.07) is 0.599. The van der Waals surface area contributed by atoms with Gasteiger partial charge in [-0.1, -0.05) is 13.3 Å². The van der Waals surface area contributed by atoms with Crippen LogP contribution in [0.4, 0.5) is 0 Å². The maximum Gasteiger partial charge on any atom is 0.0474 e. The van der Waals surface area contributed by atoms with Crippen LogP contribution in [0.5, 0.6) is 0 Å². The zero-order valence-electron chi connectivity index (χ0n) is 8.29.